The summed E-state index contributed by atoms with van der Waals surface area (Å²) in [5.41, 5.74) is 2.85. The molecule has 0 aliphatic rings. The zero-order valence-corrected chi connectivity index (χ0v) is 24.4. The van der Waals surface area contributed by atoms with Gasteiger partial charge in [-0.3, -0.25) is 9.36 Å². The number of carbonyl (C=O) groups is 1. The monoisotopic (exact) mass is 603 g/mol. The number of sulfone groups is 1. The van der Waals surface area contributed by atoms with Crippen LogP contribution in [0, 0.1) is 6.92 Å². The molecule has 0 aliphatic heterocycles. The van der Waals surface area contributed by atoms with E-state index in [0.717, 1.165) is 11.3 Å². The highest BCUT2D eigenvalue weighted by molar-refractivity contribution is 7.99. The fourth-order valence-corrected chi connectivity index (χ4v) is 6.50. The lowest BCUT2D eigenvalue weighted by molar-refractivity contribution is -0.113. The Morgan fingerprint density at radius 3 is 2.39 bits per heavy atom. The third-order valence-corrected chi connectivity index (χ3v) is 9.09. The fourth-order valence-electron chi connectivity index (χ4n) is 4.10. The van der Waals surface area contributed by atoms with Gasteiger partial charge in [-0.15, -0.1) is 10.2 Å². The van der Waals surface area contributed by atoms with E-state index in [9.17, 15) is 13.2 Å². The molecule has 0 aliphatic carbocycles. The first-order valence-electron chi connectivity index (χ1n) is 12.6. The van der Waals surface area contributed by atoms with Crippen LogP contribution in [-0.2, 0) is 21.2 Å². The van der Waals surface area contributed by atoms with Crippen molar-refractivity contribution in [3.63, 3.8) is 0 Å². The molecule has 41 heavy (non-hydrogen) atoms. The Balaban J connectivity index is 1.37. The number of thioether (sulfide) groups is 1. The Kier molecular flexibility index (Phi) is 8.72. The second-order valence-electron chi connectivity index (χ2n) is 9.08. The maximum absolute atomic E-state index is 13.4. The zero-order chi connectivity index (χ0) is 28.8. The smallest absolute Gasteiger partial charge is 0.234 e. The van der Waals surface area contributed by atoms with Crippen molar-refractivity contribution in [3.05, 3.63) is 120 Å². The van der Waals surface area contributed by atoms with Gasteiger partial charge in [0.05, 0.1) is 27.8 Å². The summed E-state index contributed by atoms with van der Waals surface area (Å²) < 4.78 is 28.7. The SMILES string of the molecule is Cc1ccc(S(=O)(=O)c2ccccc2NCc2nnc(SCC(=O)Nc3cccc(Cl)c3)n2-c2ccccc2)cc1. The van der Waals surface area contributed by atoms with Crippen molar-refractivity contribution in [1.82, 2.24) is 14.8 Å². The molecule has 8 nitrogen and oxygen atoms in total. The molecule has 5 rings (SSSR count). The van der Waals surface area contributed by atoms with Crippen molar-refractivity contribution in [3.8, 4) is 5.69 Å². The molecule has 0 fully saturated rings. The lowest BCUT2D eigenvalue weighted by atomic mass is 10.2. The van der Waals surface area contributed by atoms with Gasteiger partial charge in [-0.2, -0.15) is 0 Å². The van der Waals surface area contributed by atoms with E-state index in [1.165, 1.54) is 11.8 Å². The third kappa shape index (κ3) is 6.79. The second kappa shape index (κ2) is 12.6. The number of nitrogens with one attached hydrogen (secondary N) is 2. The van der Waals surface area contributed by atoms with Gasteiger partial charge in [0, 0.05) is 16.4 Å². The molecule has 208 valence electrons. The molecule has 0 unspecified atom stereocenters. The number of nitrogens with zero attached hydrogens (tertiary/aromatic N) is 3. The van der Waals surface area contributed by atoms with Crippen LogP contribution in [0.15, 0.2) is 118 Å². The highest BCUT2D eigenvalue weighted by Gasteiger charge is 2.22. The average molecular weight is 604 g/mol. The number of aryl methyl sites for hydroxylation is 1. The van der Waals surface area contributed by atoms with Crippen LogP contribution >= 0.6 is 23.4 Å². The van der Waals surface area contributed by atoms with Crippen molar-refractivity contribution >= 4 is 50.5 Å². The van der Waals surface area contributed by atoms with Crippen LogP contribution in [0.2, 0.25) is 5.02 Å². The molecule has 0 saturated heterocycles. The summed E-state index contributed by atoms with van der Waals surface area (Å²) in [6, 6.07) is 30.0. The number of carbonyl (C=O) groups excluding carboxylic acids is 1. The number of benzene rings is 4. The number of hydrogen-bond acceptors (Lipinski definition) is 7. The highest BCUT2D eigenvalue weighted by Crippen LogP contribution is 2.29. The highest BCUT2D eigenvalue weighted by atomic mass is 35.5. The van der Waals surface area contributed by atoms with Crippen LogP contribution in [0.1, 0.15) is 11.4 Å². The van der Waals surface area contributed by atoms with Crippen LogP contribution < -0.4 is 10.6 Å². The maximum Gasteiger partial charge on any atom is 0.234 e. The number of amides is 1. The van der Waals surface area contributed by atoms with Crippen molar-refractivity contribution in [1.29, 1.82) is 0 Å². The third-order valence-electron chi connectivity index (χ3n) is 6.10. The van der Waals surface area contributed by atoms with Gasteiger partial charge in [0.15, 0.2) is 11.0 Å². The summed E-state index contributed by atoms with van der Waals surface area (Å²) in [5.74, 6) is 0.439. The molecule has 2 N–H and O–H groups in total. The first kappa shape index (κ1) is 28.4. The number of halogens is 1. The van der Waals surface area contributed by atoms with Gasteiger partial charge in [0.25, 0.3) is 0 Å². The molecule has 0 spiro atoms. The molecule has 1 aromatic heterocycles. The largest absolute Gasteiger partial charge is 0.377 e. The van der Waals surface area contributed by atoms with E-state index >= 15 is 0 Å². The van der Waals surface area contributed by atoms with Crippen molar-refractivity contribution in [2.24, 2.45) is 0 Å². The molecule has 0 saturated carbocycles. The zero-order valence-electron chi connectivity index (χ0n) is 22.0. The summed E-state index contributed by atoms with van der Waals surface area (Å²) >= 11 is 7.26. The number of para-hydroxylation sites is 2. The topological polar surface area (TPSA) is 106 Å². The van der Waals surface area contributed by atoms with Gasteiger partial charge in [-0.1, -0.05) is 77.5 Å². The van der Waals surface area contributed by atoms with Crippen LogP contribution in [0.3, 0.4) is 0 Å². The summed E-state index contributed by atoms with van der Waals surface area (Å²) in [4.78, 5) is 13.0. The first-order chi connectivity index (χ1) is 19.8. The lowest BCUT2D eigenvalue weighted by Crippen LogP contribution is -2.15. The minimum Gasteiger partial charge on any atom is -0.377 e. The first-order valence-corrected chi connectivity index (χ1v) is 15.5. The van der Waals surface area contributed by atoms with E-state index in [4.69, 9.17) is 11.6 Å². The molecule has 1 heterocycles. The van der Waals surface area contributed by atoms with E-state index < -0.39 is 9.84 Å². The Bertz CT molecular complexity index is 1780. The maximum atomic E-state index is 13.4. The number of aromatic nitrogens is 3. The standard InChI is InChI=1S/C30H26ClN5O3S2/c1-21-14-16-25(17-15-21)41(38,39)27-13-6-5-12-26(27)32-19-28-34-35-30(36(28)24-10-3-2-4-11-24)40-20-29(37)33-23-9-7-8-22(31)18-23/h2-18,32H,19-20H2,1H3,(H,33,37). The molecular weight excluding hydrogens is 578 g/mol. The molecule has 5 aromatic rings. The van der Waals surface area contributed by atoms with Crippen LogP contribution in [0.4, 0.5) is 11.4 Å². The molecule has 1 amide bonds. The van der Waals surface area contributed by atoms with E-state index in [1.807, 2.05) is 41.8 Å². The number of hydrogen-bond donors (Lipinski definition) is 2. The van der Waals surface area contributed by atoms with E-state index in [1.54, 1.807) is 72.8 Å². The second-order valence-corrected chi connectivity index (χ2v) is 12.4. The van der Waals surface area contributed by atoms with Gasteiger partial charge >= 0.3 is 0 Å². The molecule has 0 atom stereocenters. The van der Waals surface area contributed by atoms with E-state index in [-0.39, 0.29) is 28.0 Å². The predicted octanol–water partition coefficient (Wildman–Crippen LogP) is 6.40. The number of rotatable bonds is 10. The lowest BCUT2D eigenvalue weighted by Gasteiger charge is -2.14. The van der Waals surface area contributed by atoms with Gasteiger partial charge < -0.3 is 10.6 Å². The quantitative estimate of drug-likeness (QED) is 0.178. The van der Waals surface area contributed by atoms with Crippen molar-refractivity contribution < 1.29 is 13.2 Å². The Labute approximate surface area is 247 Å². The van der Waals surface area contributed by atoms with Crippen LogP contribution in [0.5, 0.6) is 0 Å². The molecule has 0 radical (unpaired) electrons. The van der Waals surface area contributed by atoms with E-state index in [0.29, 0.717) is 27.4 Å². The van der Waals surface area contributed by atoms with Gasteiger partial charge in [-0.25, -0.2) is 8.42 Å². The summed E-state index contributed by atoms with van der Waals surface area (Å²) in [7, 11) is -3.76. The summed E-state index contributed by atoms with van der Waals surface area (Å²) in [6.45, 7) is 2.10. The Hall–Kier alpha value is -4.12. The van der Waals surface area contributed by atoms with Gasteiger partial charge in [-0.05, 0) is 61.5 Å². The Morgan fingerprint density at radius 2 is 1.63 bits per heavy atom. The number of anilines is 2. The van der Waals surface area contributed by atoms with Crippen molar-refractivity contribution in [2.45, 2.75) is 28.4 Å². The molecule has 0 bridgehead atoms. The average Bonchev–Trinajstić information content (AvgIpc) is 3.38. The molecule has 11 heteroatoms. The van der Waals surface area contributed by atoms with Gasteiger partial charge in [0.1, 0.15) is 0 Å². The van der Waals surface area contributed by atoms with Crippen LogP contribution in [0.25, 0.3) is 5.69 Å². The molecular formula is C30H26ClN5O3S2. The molecule has 4 aromatic carbocycles. The van der Waals surface area contributed by atoms with Crippen molar-refractivity contribution in [2.75, 3.05) is 16.4 Å². The minimum atomic E-state index is -3.76. The predicted molar refractivity (Wildman–Crippen MR) is 163 cm³/mol. The minimum absolute atomic E-state index is 0.0997. The summed E-state index contributed by atoms with van der Waals surface area (Å²) in [5, 5.41) is 15.8. The summed E-state index contributed by atoms with van der Waals surface area (Å²) in [6.07, 6.45) is 0. The Morgan fingerprint density at radius 1 is 0.902 bits per heavy atom. The van der Waals surface area contributed by atoms with Crippen LogP contribution in [-0.4, -0.2) is 34.8 Å². The fraction of sp³-hybridized carbons (Fsp3) is 0.100. The van der Waals surface area contributed by atoms with E-state index in [2.05, 4.69) is 20.8 Å². The van der Waals surface area contributed by atoms with Gasteiger partial charge in [0.2, 0.25) is 15.7 Å². The normalized spacial score (nSPS) is 11.3.